The highest BCUT2D eigenvalue weighted by Gasteiger charge is 2.60. The number of esters is 1. The Kier molecular flexibility index (Phi) is 2.85. The maximum Gasteiger partial charge on any atom is 0.335 e. The van der Waals surface area contributed by atoms with Gasteiger partial charge in [-0.1, -0.05) is 30.3 Å². The first-order chi connectivity index (χ1) is 8.15. The molecule has 1 aliphatic heterocycles. The number of rotatable bonds is 3. The van der Waals surface area contributed by atoms with E-state index in [4.69, 9.17) is 0 Å². The van der Waals surface area contributed by atoms with Crippen molar-refractivity contribution in [2.75, 3.05) is 13.7 Å². The summed E-state index contributed by atoms with van der Waals surface area (Å²) in [6, 6.07) is 8.87. The summed E-state index contributed by atoms with van der Waals surface area (Å²) < 4.78 is 4.63. The Morgan fingerprint density at radius 3 is 2.59 bits per heavy atom. The fourth-order valence-electron chi connectivity index (χ4n) is 2.14. The van der Waals surface area contributed by atoms with Crippen LogP contribution in [-0.2, 0) is 14.3 Å². The van der Waals surface area contributed by atoms with Gasteiger partial charge in [0, 0.05) is 0 Å². The van der Waals surface area contributed by atoms with Crippen LogP contribution in [0.5, 0.6) is 0 Å². The number of nitrogens with one attached hydrogen (secondary N) is 1. The quantitative estimate of drug-likeness (QED) is 0.562. The number of ether oxygens (including phenoxy) is 1. The molecule has 17 heavy (non-hydrogen) atoms. The number of benzene rings is 1. The van der Waals surface area contributed by atoms with Crippen molar-refractivity contribution >= 4 is 11.9 Å². The van der Waals surface area contributed by atoms with E-state index in [-0.39, 0.29) is 5.91 Å². The Morgan fingerprint density at radius 2 is 2.12 bits per heavy atom. The second-order valence-corrected chi connectivity index (χ2v) is 3.95. The monoisotopic (exact) mass is 235 g/mol. The van der Waals surface area contributed by atoms with Crippen molar-refractivity contribution in [2.45, 2.75) is 11.5 Å². The zero-order valence-electron chi connectivity index (χ0n) is 9.34. The van der Waals surface area contributed by atoms with Gasteiger partial charge in [0.15, 0.2) is 5.54 Å². The molecule has 5 heteroatoms. The van der Waals surface area contributed by atoms with Crippen molar-refractivity contribution in [3.8, 4) is 0 Å². The van der Waals surface area contributed by atoms with Gasteiger partial charge >= 0.3 is 5.97 Å². The van der Waals surface area contributed by atoms with E-state index < -0.39 is 24.0 Å². The van der Waals surface area contributed by atoms with Crippen LogP contribution in [0.25, 0.3) is 0 Å². The summed E-state index contributed by atoms with van der Waals surface area (Å²) in [5.41, 5.74) is -0.650. The van der Waals surface area contributed by atoms with E-state index in [9.17, 15) is 14.7 Å². The maximum absolute atomic E-state index is 11.7. The molecule has 0 bridgehead atoms. The van der Waals surface area contributed by atoms with Gasteiger partial charge in [-0.3, -0.25) is 4.79 Å². The van der Waals surface area contributed by atoms with E-state index in [0.717, 1.165) is 0 Å². The zero-order valence-corrected chi connectivity index (χ0v) is 9.34. The molecule has 1 saturated heterocycles. The summed E-state index contributed by atoms with van der Waals surface area (Å²) in [7, 11) is 1.23. The normalized spacial score (nSPS) is 26.9. The first-order valence-corrected chi connectivity index (χ1v) is 5.22. The minimum Gasteiger partial charge on any atom is -0.467 e. The molecule has 0 spiro atoms. The van der Waals surface area contributed by atoms with Gasteiger partial charge in [-0.05, 0) is 5.56 Å². The number of methoxy groups -OCH3 is 1. The third-order valence-corrected chi connectivity index (χ3v) is 3.03. The topological polar surface area (TPSA) is 75.6 Å². The summed E-state index contributed by atoms with van der Waals surface area (Å²) in [5.74, 6) is -1.61. The number of β-lactam (4-membered cyclic amide) rings is 1. The predicted octanol–water partition coefficient (Wildman–Crippen LogP) is -0.196. The first-order valence-electron chi connectivity index (χ1n) is 5.22. The molecule has 0 saturated carbocycles. The molecule has 2 rings (SSSR count). The predicted molar refractivity (Wildman–Crippen MR) is 59.2 cm³/mol. The van der Waals surface area contributed by atoms with Crippen LogP contribution in [0.3, 0.4) is 0 Å². The van der Waals surface area contributed by atoms with Crippen molar-refractivity contribution in [1.82, 2.24) is 5.32 Å². The Balaban J connectivity index is 2.38. The largest absolute Gasteiger partial charge is 0.467 e. The third-order valence-electron chi connectivity index (χ3n) is 3.03. The standard InChI is InChI=1S/C12H13NO4/c1-17-11(16)12(7-14)9(10(15)13-12)8-5-3-2-4-6-8/h2-6,9,14H,7H2,1H3,(H,13,15)/t9-,12+/m0/s1. The molecule has 0 aromatic heterocycles. The highest BCUT2D eigenvalue weighted by molar-refractivity contribution is 6.04. The van der Waals surface area contributed by atoms with Crippen LogP contribution in [-0.4, -0.2) is 36.2 Å². The van der Waals surface area contributed by atoms with Crippen molar-refractivity contribution in [3.63, 3.8) is 0 Å². The average Bonchev–Trinajstić information content (AvgIpc) is 2.35. The maximum atomic E-state index is 11.7. The Labute approximate surface area is 98.4 Å². The fraction of sp³-hybridized carbons (Fsp3) is 0.333. The van der Waals surface area contributed by atoms with E-state index in [2.05, 4.69) is 10.1 Å². The molecular formula is C12H13NO4. The fourth-order valence-corrected chi connectivity index (χ4v) is 2.14. The number of aliphatic hydroxyl groups is 1. The van der Waals surface area contributed by atoms with Crippen LogP contribution < -0.4 is 5.32 Å². The summed E-state index contributed by atoms with van der Waals surface area (Å²) in [6.45, 7) is -0.481. The number of carbonyl (C=O) groups is 2. The second-order valence-electron chi connectivity index (χ2n) is 3.95. The van der Waals surface area contributed by atoms with E-state index in [0.29, 0.717) is 5.56 Å². The van der Waals surface area contributed by atoms with E-state index in [1.807, 2.05) is 6.07 Å². The van der Waals surface area contributed by atoms with Gasteiger partial charge in [0.2, 0.25) is 5.91 Å². The molecule has 1 amide bonds. The summed E-state index contributed by atoms with van der Waals surface area (Å²) in [5, 5.41) is 11.8. The van der Waals surface area contributed by atoms with Gasteiger partial charge in [0.05, 0.1) is 19.6 Å². The van der Waals surface area contributed by atoms with Crippen LogP contribution in [0.15, 0.2) is 30.3 Å². The van der Waals surface area contributed by atoms with Crippen molar-refractivity contribution in [2.24, 2.45) is 0 Å². The number of aliphatic hydroxyl groups excluding tert-OH is 1. The molecule has 1 heterocycles. The summed E-state index contributed by atoms with van der Waals surface area (Å²) >= 11 is 0. The molecule has 0 radical (unpaired) electrons. The van der Waals surface area contributed by atoms with Crippen molar-refractivity contribution in [3.05, 3.63) is 35.9 Å². The lowest BCUT2D eigenvalue weighted by Gasteiger charge is -2.45. The molecular weight excluding hydrogens is 222 g/mol. The van der Waals surface area contributed by atoms with Gasteiger partial charge in [-0.2, -0.15) is 0 Å². The van der Waals surface area contributed by atoms with Crippen LogP contribution in [0.1, 0.15) is 11.5 Å². The molecule has 1 aromatic carbocycles. The van der Waals surface area contributed by atoms with Gasteiger partial charge in [0.1, 0.15) is 0 Å². The van der Waals surface area contributed by atoms with Crippen molar-refractivity contribution < 1.29 is 19.4 Å². The zero-order chi connectivity index (χ0) is 12.5. The smallest absolute Gasteiger partial charge is 0.335 e. The lowest BCUT2D eigenvalue weighted by molar-refractivity contribution is -0.164. The molecule has 1 aliphatic rings. The number of carbonyl (C=O) groups excluding carboxylic acids is 2. The lowest BCUT2D eigenvalue weighted by Crippen LogP contribution is -2.73. The third kappa shape index (κ3) is 1.59. The van der Waals surface area contributed by atoms with Crippen LogP contribution >= 0.6 is 0 Å². The average molecular weight is 235 g/mol. The second kappa shape index (κ2) is 4.18. The molecule has 5 nitrogen and oxygen atoms in total. The number of hydrogen-bond donors (Lipinski definition) is 2. The summed E-state index contributed by atoms with van der Waals surface area (Å²) in [6.07, 6.45) is 0. The minimum absolute atomic E-state index is 0.282. The Hall–Kier alpha value is -1.88. The Morgan fingerprint density at radius 1 is 1.47 bits per heavy atom. The molecule has 0 aliphatic carbocycles. The molecule has 0 unspecified atom stereocenters. The Bertz CT molecular complexity index is 445. The van der Waals surface area contributed by atoms with E-state index in [1.54, 1.807) is 24.3 Å². The van der Waals surface area contributed by atoms with Crippen LogP contribution in [0.4, 0.5) is 0 Å². The highest BCUT2D eigenvalue weighted by Crippen LogP contribution is 2.37. The van der Waals surface area contributed by atoms with Gasteiger partial charge in [-0.15, -0.1) is 0 Å². The van der Waals surface area contributed by atoms with E-state index in [1.165, 1.54) is 7.11 Å². The van der Waals surface area contributed by atoms with E-state index >= 15 is 0 Å². The summed E-state index contributed by atoms with van der Waals surface area (Å²) in [4.78, 5) is 23.3. The number of amides is 1. The molecule has 1 aromatic rings. The van der Waals surface area contributed by atoms with Crippen molar-refractivity contribution in [1.29, 1.82) is 0 Å². The molecule has 2 N–H and O–H groups in total. The lowest BCUT2D eigenvalue weighted by atomic mass is 9.72. The molecule has 1 fully saturated rings. The number of hydrogen-bond acceptors (Lipinski definition) is 4. The molecule has 90 valence electrons. The van der Waals surface area contributed by atoms with Gasteiger partial charge in [0.25, 0.3) is 0 Å². The molecule has 2 atom stereocenters. The van der Waals surface area contributed by atoms with Crippen LogP contribution in [0.2, 0.25) is 0 Å². The minimum atomic E-state index is -1.34. The van der Waals surface area contributed by atoms with Crippen LogP contribution in [0, 0.1) is 0 Å². The van der Waals surface area contributed by atoms with Gasteiger partial charge in [-0.25, -0.2) is 4.79 Å². The highest BCUT2D eigenvalue weighted by atomic mass is 16.5. The first kappa shape index (κ1) is 11.6. The SMILES string of the molecule is COC(=O)[C@]1(CO)NC(=O)[C@@H]1c1ccccc1. The van der Waals surface area contributed by atoms with Gasteiger partial charge < -0.3 is 15.2 Å².